The third-order valence-corrected chi connectivity index (χ3v) is 5.71. The molecular formula is C20H18O7. The maximum absolute atomic E-state index is 12.5. The molecule has 2 aromatic rings. The number of rotatable bonds is 2. The highest BCUT2D eigenvalue weighted by Crippen LogP contribution is 2.54. The Morgan fingerprint density at radius 1 is 1.07 bits per heavy atom. The van der Waals surface area contributed by atoms with Crippen LogP contribution in [0, 0.1) is 11.8 Å². The van der Waals surface area contributed by atoms with E-state index in [1.54, 1.807) is 24.3 Å². The first-order valence-electron chi connectivity index (χ1n) is 8.73. The Kier molecular flexibility index (Phi) is 3.48. The number of esters is 1. The second-order valence-corrected chi connectivity index (χ2v) is 7.01. The van der Waals surface area contributed by atoms with Crippen molar-refractivity contribution in [1.29, 1.82) is 0 Å². The summed E-state index contributed by atoms with van der Waals surface area (Å²) >= 11 is 0. The van der Waals surface area contributed by atoms with Gasteiger partial charge in [0.15, 0.2) is 23.0 Å². The summed E-state index contributed by atoms with van der Waals surface area (Å²) in [7, 11) is 1.47. The first kappa shape index (κ1) is 16.3. The van der Waals surface area contributed by atoms with E-state index in [0.29, 0.717) is 22.8 Å². The number of hydrogen-bond acceptors (Lipinski definition) is 7. The molecule has 1 fully saturated rings. The summed E-state index contributed by atoms with van der Waals surface area (Å²) < 4.78 is 21.5. The van der Waals surface area contributed by atoms with Crippen molar-refractivity contribution in [1.82, 2.24) is 0 Å². The van der Waals surface area contributed by atoms with Gasteiger partial charge >= 0.3 is 5.97 Å². The summed E-state index contributed by atoms with van der Waals surface area (Å²) in [5.41, 5.74) is 2.29. The predicted octanol–water partition coefficient (Wildman–Crippen LogP) is 2.10. The Morgan fingerprint density at radius 2 is 1.81 bits per heavy atom. The summed E-state index contributed by atoms with van der Waals surface area (Å²) in [5.74, 6) is -0.0542. The molecule has 1 saturated heterocycles. The van der Waals surface area contributed by atoms with Crippen molar-refractivity contribution in [2.75, 3.05) is 20.5 Å². The van der Waals surface area contributed by atoms with Crippen LogP contribution in [0.3, 0.4) is 0 Å². The van der Waals surface area contributed by atoms with E-state index in [2.05, 4.69) is 0 Å². The van der Waals surface area contributed by atoms with Gasteiger partial charge < -0.3 is 29.2 Å². The number of phenols is 1. The Balaban J connectivity index is 1.73. The van der Waals surface area contributed by atoms with Gasteiger partial charge in [0, 0.05) is 11.8 Å². The molecule has 0 amide bonds. The number of benzene rings is 2. The first-order chi connectivity index (χ1) is 13.1. The van der Waals surface area contributed by atoms with Gasteiger partial charge in [0.25, 0.3) is 0 Å². The van der Waals surface area contributed by atoms with Crippen LogP contribution in [-0.4, -0.2) is 36.7 Å². The maximum Gasteiger partial charge on any atom is 0.310 e. The SMILES string of the molecule is COc1cc([C@@H]2c3cc4c(cc3[C@H](O)[C@H]3COC(=O)[C@H]23)OCO4)ccc1O. The molecule has 5 rings (SSSR count). The molecule has 2 aliphatic heterocycles. The van der Waals surface area contributed by atoms with Crippen molar-refractivity contribution in [2.24, 2.45) is 11.8 Å². The Bertz CT molecular complexity index is 938. The molecule has 4 atom stereocenters. The quantitative estimate of drug-likeness (QED) is 0.782. The van der Waals surface area contributed by atoms with Gasteiger partial charge in [-0.2, -0.15) is 0 Å². The molecule has 1 aliphatic carbocycles. The first-order valence-corrected chi connectivity index (χ1v) is 8.73. The molecule has 3 aliphatic rings. The fourth-order valence-electron chi connectivity index (χ4n) is 4.42. The number of hydrogen-bond donors (Lipinski definition) is 2. The third-order valence-electron chi connectivity index (χ3n) is 5.71. The molecular weight excluding hydrogens is 352 g/mol. The molecule has 0 spiro atoms. The van der Waals surface area contributed by atoms with Crippen molar-refractivity contribution >= 4 is 5.97 Å². The van der Waals surface area contributed by atoms with Crippen molar-refractivity contribution in [3.63, 3.8) is 0 Å². The van der Waals surface area contributed by atoms with Gasteiger partial charge in [0.05, 0.1) is 25.7 Å². The zero-order valence-corrected chi connectivity index (χ0v) is 14.5. The van der Waals surface area contributed by atoms with Crippen LogP contribution >= 0.6 is 0 Å². The molecule has 2 aromatic carbocycles. The molecule has 0 saturated carbocycles. The minimum atomic E-state index is -0.832. The van der Waals surface area contributed by atoms with E-state index in [1.807, 2.05) is 6.07 Å². The highest BCUT2D eigenvalue weighted by molar-refractivity contribution is 5.78. The van der Waals surface area contributed by atoms with Crippen LogP contribution < -0.4 is 14.2 Å². The summed E-state index contributed by atoms with van der Waals surface area (Å²) in [6.07, 6.45) is -0.832. The van der Waals surface area contributed by atoms with Crippen molar-refractivity contribution < 1.29 is 34.0 Å². The average molecular weight is 370 g/mol. The maximum atomic E-state index is 12.5. The van der Waals surface area contributed by atoms with Crippen molar-refractivity contribution in [3.8, 4) is 23.0 Å². The lowest BCUT2D eigenvalue weighted by Gasteiger charge is -2.36. The van der Waals surface area contributed by atoms with E-state index in [-0.39, 0.29) is 37.0 Å². The van der Waals surface area contributed by atoms with Gasteiger partial charge in [0.1, 0.15) is 0 Å². The predicted molar refractivity (Wildman–Crippen MR) is 92.0 cm³/mol. The number of phenolic OH excluding ortho intramolecular Hbond substituents is 1. The number of aliphatic hydroxyl groups excluding tert-OH is 1. The molecule has 7 nitrogen and oxygen atoms in total. The van der Waals surface area contributed by atoms with Crippen LogP contribution in [0.4, 0.5) is 0 Å². The molecule has 0 aromatic heterocycles. The van der Waals surface area contributed by atoms with Crippen molar-refractivity contribution in [2.45, 2.75) is 12.0 Å². The zero-order valence-electron chi connectivity index (χ0n) is 14.5. The van der Waals surface area contributed by atoms with E-state index < -0.39 is 12.0 Å². The number of ether oxygens (including phenoxy) is 4. The van der Waals surface area contributed by atoms with Crippen LogP contribution in [0.25, 0.3) is 0 Å². The van der Waals surface area contributed by atoms with Gasteiger partial charge in [-0.1, -0.05) is 6.07 Å². The van der Waals surface area contributed by atoms with Crippen LogP contribution in [0.15, 0.2) is 30.3 Å². The lowest BCUT2D eigenvalue weighted by atomic mass is 9.66. The minimum Gasteiger partial charge on any atom is -0.504 e. The number of aliphatic hydroxyl groups is 1. The second-order valence-electron chi connectivity index (χ2n) is 7.01. The lowest BCUT2D eigenvalue weighted by Crippen LogP contribution is -2.34. The van der Waals surface area contributed by atoms with Gasteiger partial charge in [-0.25, -0.2) is 0 Å². The summed E-state index contributed by atoms with van der Waals surface area (Å²) in [5, 5.41) is 20.8. The summed E-state index contributed by atoms with van der Waals surface area (Å²) in [6, 6.07) is 8.63. The van der Waals surface area contributed by atoms with Crippen LogP contribution in [0.5, 0.6) is 23.0 Å². The van der Waals surface area contributed by atoms with Gasteiger partial charge in [-0.05, 0) is 41.0 Å². The second kappa shape index (κ2) is 5.79. The number of fused-ring (bicyclic) bond motifs is 3. The van der Waals surface area contributed by atoms with Crippen LogP contribution in [-0.2, 0) is 9.53 Å². The fraction of sp³-hybridized carbons (Fsp3) is 0.350. The molecule has 0 radical (unpaired) electrons. The third kappa shape index (κ3) is 2.28. The normalized spacial score (nSPS) is 27.7. The monoisotopic (exact) mass is 370 g/mol. The topological polar surface area (TPSA) is 94.5 Å². The molecule has 2 N–H and O–H groups in total. The highest BCUT2D eigenvalue weighted by Gasteiger charge is 2.52. The number of aromatic hydroxyl groups is 1. The number of cyclic esters (lactones) is 1. The van der Waals surface area contributed by atoms with Gasteiger partial charge in [-0.3, -0.25) is 4.79 Å². The number of carbonyl (C=O) groups excluding carboxylic acids is 1. The fourth-order valence-corrected chi connectivity index (χ4v) is 4.42. The molecule has 27 heavy (non-hydrogen) atoms. The largest absolute Gasteiger partial charge is 0.504 e. The molecule has 140 valence electrons. The molecule has 2 heterocycles. The molecule has 7 heteroatoms. The van der Waals surface area contributed by atoms with E-state index in [0.717, 1.165) is 11.1 Å². The Labute approximate surface area is 155 Å². The van der Waals surface area contributed by atoms with Gasteiger partial charge in [0.2, 0.25) is 6.79 Å². The summed E-state index contributed by atoms with van der Waals surface area (Å²) in [6.45, 7) is 0.297. The lowest BCUT2D eigenvalue weighted by molar-refractivity contribution is -0.141. The Morgan fingerprint density at radius 3 is 2.56 bits per heavy atom. The standard InChI is InChI=1S/C20H18O7/c1-24-14-4-9(2-3-13(14)21)17-10-5-15-16(27-8-26-15)6-11(10)19(22)12-7-25-20(23)18(12)17/h2-6,12,17-19,21-22H,7-8H2,1H3/t12-,17+,18-,19-/m0/s1. The average Bonchev–Trinajstić information content (AvgIpc) is 3.28. The Hall–Kier alpha value is -2.93. The number of carbonyl (C=O) groups is 1. The van der Waals surface area contributed by atoms with Gasteiger partial charge in [-0.15, -0.1) is 0 Å². The molecule has 0 unspecified atom stereocenters. The van der Waals surface area contributed by atoms with E-state index in [1.165, 1.54) is 7.11 Å². The van der Waals surface area contributed by atoms with Crippen LogP contribution in [0.2, 0.25) is 0 Å². The van der Waals surface area contributed by atoms with Crippen molar-refractivity contribution in [3.05, 3.63) is 47.0 Å². The smallest absolute Gasteiger partial charge is 0.310 e. The van der Waals surface area contributed by atoms with E-state index >= 15 is 0 Å². The highest BCUT2D eigenvalue weighted by atomic mass is 16.7. The number of methoxy groups -OCH3 is 1. The zero-order chi connectivity index (χ0) is 18.7. The summed E-state index contributed by atoms with van der Waals surface area (Å²) in [4.78, 5) is 12.5. The van der Waals surface area contributed by atoms with E-state index in [9.17, 15) is 15.0 Å². The minimum absolute atomic E-state index is 0.0218. The molecule has 0 bridgehead atoms. The van der Waals surface area contributed by atoms with Crippen LogP contribution in [0.1, 0.15) is 28.7 Å². The van der Waals surface area contributed by atoms with E-state index in [4.69, 9.17) is 18.9 Å².